The largest absolute Gasteiger partial charge is 0.504 e. The van der Waals surface area contributed by atoms with Crippen molar-refractivity contribution >= 4 is 11.9 Å². The van der Waals surface area contributed by atoms with Crippen LogP contribution in [0.5, 0.6) is 11.5 Å². The van der Waals surface area contributed by atoms with E-state index in [0.717, 1.165) is 24.3 Å². The average molecular weight is 879 g/mol. The SMILES string of the molecule is COc1cc([C@@H]2O[C@H]3[C@H](O[C@H]2COC(=O)[C@@](OC)(c2ccccc2)C(F)(F)F)O[C@@H]2COC(c4ccccc4)O[C@H]2[C@@H]3OC(=O)[C@@](OC)(c2ccccc2)C(F)(F)F)ccc1O. The highest BCUT2D eigenvalue weighted by Crippen LogP contribution is 2.48. The van der Waals surface area contributed by atoms with E-state index in [-0.39, 0.29) is 23.7 Å². The summed E-state index contributed by atoms with van der Waals surface area (Å²) in [7, 11) is 2.63. The minimum absolute atomic E-state index is 0.0946. The summed E-state index contributed by atoms with van der Waals surface area (Å²) >= 11 is 0. The van der Waals surface area contributed by atoms with Crippen molar-refractivity contribution in [2.45, 2.75) is 72.8 Å². The average Bonchev–Trinajstić information content (AvgIpc) is 3.26. The van der Waals surface area contributed by atoms with E-state index in [1.807, 2.05) is 0 Å². The second kappa shape index (κ2) is 17.8. The Morgan fingerprint density at radius 3 is 1.79 bits per heavy atom. The van der Waals surface area contributed by atoms with Gasteiger partial charge in [-0.3, -0.25) is 0 Å². The molecular weight excluding hydrogens is 838 g/mol. The first-order valence-electron chi connectivity index (χ1n) is 19.0. The smallest absolute Gasteiger partial charge is 0.432 e. The lowest BCUT2D eigenvalue weighted by Gasteiger charge is -2.52. The number of alkyl halides is 6. The Morgan fingerprint density at radius 1 is 0.677 bits per heavy atom. The Morgan fingerprint density at radius 2 is 1.24 bits per heavy atom. The van der Waals surface area contributed by atoms with Crippen molar-refractivity contribution in [3.63, 3.8) is 0 Å². The van der Waals surface area contributed by atoms with Crippen LogP contribution in [-0.4, -0.2) is 101 Å². The van der Waals surface area contributed by atoms with Gasteiger partial charge in [0, 0.05) is 30.9 Å². The number of hydrogen-bond donors (Lipinski definition) is 1. The minimum Gasteiger partial charge on any atom is -0.504 e. The van der Waals surface area contributed by atoms with E-state index in [9.17, 15) is 27.9 Å². The third kappa shape index (κ3) is 8.09. The number of carbonyl (C=O) groups excluding carboxylic acids is 2. The summed E-state index contributed by atoms with van der Waals surface area (Å²) in [5.74, 6) is -4.19. The molecule has 3 fully saturated rings. The fourth-order valence-electron chi connectivity index (χ4n) is 7.75. The lowest BCUT2D eigenvalue weighted by atomic mass is 9.91. The first-order valence-corrected chi connectivity index (χ1v) is 19.0. The van der Waals surface area contributed by atoms with Crippen LogP contribution in [0.2, 0.25) is 0 Å². The number of aromatic hydroxyl groups is 1. The second-order valence-corrected chi connectivity index (χ2v) is 14.3. The van der Waals surface area contributed by atoms with E-state index in [0.29, 0.717) is 19.8 Å². The van der Waals surface area contributed by atoms with Gasteiger partial charge in [-0.1, -0.05) is 97.1 Å². The highest BCUT2D eigenvalue weighted by atomic mass is 19.4. The lowest BCUT2D eigenvalue weighted by molar-refractivity contribution is -0.404. The first kappa shape index (κ1) is 44.8. The molecule has 62 heavy (non-hydrogen) atoms. The van der Waals surface area contributed by atoms with Crippen LogP contribution in [0.15, 0.2) is 109 Å². The molecule has 1 unspecified atom stereocenters. The van der Waals surface area contributed by atoms with Crippen molar-refractivity contribution in [3.05, 3.63) is 131 Å². The molecule has 13 nitrogen and oxygen atoms in total. The van der Waals surface area contributed by atoms with Crippen LogP contribution in [0.25, 0.3) is 0 Å². The number of rotatable bonds is 12. The molecule has 7 rings (SSSR count). The molecule has 3 heterocycles. The van der Waals surface area contributed by atoms with Crippen LogP contribution >= 0.6 is 0 Å². The Balaban J connectivity index is 1.28. The molecule has 0 aromatic heterocycles. The second-order valence-electron chi connectivity index (χ2n) is 14.3. The maximum absolute atomic E-state index is 15.2. The summed E-state index contributed by atoms with van der Waals surface area (Å²) in [6.07, 6.45) is -22.6. The van der Waals surface area contributed by atoms with Crippen molar-refractivity contribution < 1.29 is 88.4 Å². The number of ether oxygens (including phenoxy) is 10. The van der Waals surface area contributed by atoms with Crippen LogP contribution in [0.4, 0.5) is 26.3 Å². The number of esters is 2. The number of fused-ring (bicyclic) bond motifs is 2. The van der Waals surface area contributed by atoms with Gasteiger partial charge in [-0.2, -0.15) is 26.3 Å². The summed E-state index contributed by atoms with van der Waals surface area (Å²) in [6.45, 7) is -1.24. The molecule has 0 aliphatic carbocycles. The number of hydrogen-bond acceptors (Lipinski definition) is 13. The minimum atomic E-state index is -5.38. The molecule has 0 radical (unpaired) electrons. The summed E-state index contributed by atoms with van der Waals surface area (Å²) in [4.78, 5) is 27.9. The highest BCUT2D eigenvalue weighted by Gasteiger charge is 2.67. The van der Waals surface area contributed by atoms with Crippen molar-refractivity contribution in [2.24, 2.45) is 0 Å². The fraction of sp³-hybridized carbons (Fsp3) is 0.395. The summed E-state index contributed by atoms with van der Waals surface area (Å²) in [5.41, 5.74) is -7.82. The molecule has 0 amide bonds. The van der Waals surface area contributed by atoms with Gasteiger partial charge in [0.2, 0.25) is 0 Å². The van der Waals surface area contributed by atoms with Gasteiger partial charge in [0.15, 0.2) is 30.2 Å². The summed E-state index contributed by atoms with van der Waals surface area (Å²) in [5, 5.41) is 10.4. The molecule has 332 valence electrons. The number of halogens is 6. The Kier molecular flexibility index (Phi) is 12.9. The van der Waals surface area contributed by atoms with E-state index in [4.69, 9.17) is 47.4 Å². The van der Waals surface area contributed by atoms with E-state index < -0.39 is 102 Å². The van der Waals surface area contributed by atoms with Gasteiger partial charge >= 0.3 is 24.3 Å². The number of phenols is 1. The molecule has 4 aromatic rings. The molecule has 0 saturated carbocycles. The molecule has 3 saturated heterocycles. The molecular formula is C43H40F6O13. The number of benzene rings is 4. The van der Waals surface area contributed by atoms with Gasteiger partial charge in [0.05, 0.1) is 13.7 Å². The van der Waals surface area contributed by atoms with Gasteiger partial charge in [-0.05, 0) is 17.7 Å². The molecule has 0 spiro atoms. The predicted octanol–water partition coefficient (Wildman–Crippen LogP) is 6.73. The van der Waals surface area contributed by atoms with E-state index in [2.05, 4.69) is 0 Å². The number of phenolic OH excluding ortho intramolecular Hbond substituents is 1. The van der Waals surface area contributed by atoms with Gasteiger partial charge in [0.25, 0.3) is 11.2 Å². The standard InChI is InChI=1S/C43H40F6O13/c1-53-29-21-25(19-20-28(29)50)32-30(23-57-38(51)40(54-2,42(44,45)46)26-15-9-5-10-16-26)58-37-35(60-32)34(33-31(59-37)22-56-36(61-33)24-13-7-4-8-14-24)62-39(52)41(55-3,43(47,48)49)27-17-11-6-12-18-27/h4-21,30-37,50H,22-23H2,1-3H3/t30-,31+,32-,33+,34-,35+,36?,37+,40-,41-/m0/s1. The Bertz CT molecular complexity index is 2160. The maximum Gasteiger partial charge on any atom is 0.432 e. The van der Waals surface area contributed by atoms with E-state index >= 15 is 13.2 Å². The number of methoxy groups -OCH3 is 3. The molecule has 4 aromatic carbocycles. The highest BCUT2D eigenvalue weighted by molar-refractivity contribution is 5.83. The van der Waals surface area contributed by atoms with E-state index in [1.165, 1.54) is 61.7 Å². The third-order valence-electron chi connectivity index (χ3n) is 10.8. The number of carbonyl (C=O) groups is 2. The van der Waals surface area contributed by atoms with Crippen LogP contribution < -0.4 is 4.74 Å². The quantitative estimate of drug-likeness (QED) is 0.119. The van der Waals surface area contributed by atoms with Gasteiger partial charge in [-0.25, -0.2) is 9.59 Å². The van der Waals surface area contributed by atoms with Crippen molar-refractivity contribution in [3.8, 4) is 11.5 Å². The van der Waals surface area contributed by atoms with Crippen LogP contribution in [0.1, 0.15) is 34.6 Å². The van der Waals surface area contributed by atoms with Crippen molar-refractivity contribution in [1.29, 1.82) is 0 Å². The molecule has 19 heteroatoms. The van der Waals surface area contributed by atoms with Crippen molar-refractivity contribution in [2.75, 3.05) is 34.5 Å². The third-order valence-corrected chi connectivity index (χ3v) is 10.8. The van der Waals surface area contributed by atoms with Gasteiger partial charge in [0.1, 0.15) is 37.1 Å². The molecule has 1 N–H and O–H groups in total. The summed E-state index contributed by atoms with van der Waals surface area (Å²) < 4.78 is 147. The van der Waals surface area contributed by atoms with Crippen LogP contribution in [0, 0.1) is 0 Å². The molecule has 3 aliphatic rings. The van der Waals surface area contributed by atoms with Crippen LogP contribution in [0.3, 0.4) is 0 Å². The van der Waals surface area contributed by atoms with Gasteiger partial charge in [-0.15, -0.1) is 0 Å². The molecule has 3 aliphatic heterocycles. The maximum atomic E-state index is 15.2. The van der Waals surface area contributed by atoms with E-state index in [1.54, 1.807) is 30.3 Å². The normalized spacial score (nSPS) is 27.0. The lowest BCUT2D eigenvalue weighted by Crippen LogP contribution is -2.68. The zero-order valence-electron chi connectivity index (χ0n) is 33.0. The molecule has 10 atom stereocenters. The molecule has 0 bridgehead atoms. The Labute approximate surface area is 350 Å². The fourth-order valence-corrected chi connectivity index (χ4v) is 7.75. The monoisotopic (exact) mass is 878 g/mol. The summed E-state index contributed by atoms with van der Waals surface area (Å²) in [6, 6.07) is 24.4. The zero-order valence-corrected chi connectivity index (χ0v) is 33.0. The van der Waals surface area contributed by atoms with Crippen LogP contribution in [-0.2, 0) is 63.4 Å². The Hall–Kier alpha value is -5.28. The zero-order chi connectivity index (χ0) is 44.5. The first-order chi connectivity index (χ1) is 29.6. The van der Waals surface area contributed by atoms with Gasteiger partial charge < -0.3 is 52.5 Å². The topological polar surface area (TPSA) is 147 Å². The predicted molar refractivity (Wildman–Crippen MR) is 199 cm³/mol. The van der Waals surface area contributed by atoms with Crippen molar-refractivity contribution in [1.82, 2.24) is 0 Å².